The summed E-state index contributed by atoms with van der Waals surface area (Å²) >= 11 is 8.01. The fourth-order valence-electron chi connectivity index (χ4n) is 1.62. The maximum absolute atomic E-state index is 6.28. The van der Waals surface area contributed by atoms with Crippen LogP contribution < -0.4 is 5.32 Å². The molecule has 2 aromatic carbocycles. The minimum Gasteiger partial charge on any atom is -0.313 e. The molecule has 0 heterocycles. The Hall–Kier alpha value is -0.960. The van der Waals surface area contributed by atoms with Crippen LogP contribution in [-0.4, -0.2) is 6.54 Å². The van der Waals surface area contributed by atoms with Crippen LogP contribution in [0, 0.1) is 0 Å². The second-order valence-corrected chi connectivity index (χ2v) is 5.50. The second kappa shape index (κ2) is 6.83. The van der Waals surface area contributed by atoms with Crippen LogP contribution in [0.15, 0.2) is 58.3 Å². The fraction of sp³-hybridized carbons (Fsp3) is 0.200. The van der Waals surface area contributed by atoms with Gasteiger partial charge in [-0.05, 0) is 36.4 Å². The van der Waals surface area contributed by atoms with E-state index >= 15 is 0 Å². The molecule has 94 valence electrons. The molecule has 0 radical (unpaired) electrons. The molecule has 0 aromatic heterocycles. The summed E-state index contributed by atoms with van der Waals surface area (Å²) in [5, 5.41) is 4.11. The molecule has 3 heteroatoms. The number of hydrogen-bond donors (Lipinski definition) is 1. The zero-order valence-electron chi connectivity index (χ0n) is 10.3. The summed E-state index contributed by atoms with van der Waals surface area (Å²) in [5.41, 5.74) is 1.15. The standard InChI is InChI=1S/C15H16ClNS/c1-2-17-11-12-8-9-14(10-15(12)16)18-13-6-4-3-5-7-13/h3-10,17H,2,11H2,1H3. The van der Waals surface area contributed by atoms with Crippen LogP contribution in [0.1, 0.15) is 12.5 Å². The Labute approximate surface area is 118 Å². The molecule has 0 saturated carbocycles. The third-order valence-electron chi connectivity index (χ3n) is 2.57. The second-order valence-electron chi connectivity index (χ2n) is 3.95. The molecular weight excluding hydrogens is 262 g/mol. The van der Waals surface area contributed by atoms with E-state index in [-0.39, 0.29) is 0 Å². The first kappa shape index (κ1) is 13.5. The zero-order valence-corrected chi connectivity index (χ0v) is 11.9. The van der Waals surface area contributed by atoms with Gasteiger partial charge in [0, 0.05) is 21.4 Å². The van der Waals surface area contributed by atoms with Crippen molar-refractivity contribution in [2.24, 2.45) is 0 Å². The summed E-state index contributed by atoms with van der Waals surface area (Å²) in [6.45, 7) is 3.87. The molecule has 0 aliphatic rings. The molecule has 0 aliphatic heterocycles. The first-order valence-corrected chi connectivity index (χ1v) is 7.21. The highest BCUT2D eigenvalue weighted by molar-refractivity contribution is 7.99. The van der Waals surface area contributed by atoms with Crippen molar-refractivity contribution in [3.05, 3.63) is 59.1 Å². The lowest BCUT2D eigenvalue weighted by Gasteiger charge is -2.07. The van der Waals surface area contributed by atoms with Gasteiger partial charge in [-0.15, -0.1) is 0 Å². The Bertz CT molecular complexity index is 499. The molecular formula is C15H16ClNS. The van der Waals surface area contributed by atoms with Gasteiger partial charge in [0.25, 0.3) is 0 Å². The van der Waals surface area contributed by atoms with Crippen LogP contribution in [-0.2, 0) is 6.54 Å². The van der Waals surface area contributed by atoms with E-state index in [4.69, 9.17) is 11.6 Å². The van der Waals surface area contributed by atoms with Crippen LogP contribution in [0.3, 0.4) is 0 Å². The zero-order chi connectivity index (χ0) is 12.8. The van der Waals surface area contributed by atoms with E-state index in [1.165, 1.54) is 9.79 Å². The maximum Gasteiger partial charge on any atom is 0.0462 e. The number of nitrogens with one attached hydrogen (secondary N) is 1. The SMILES string of the molecule is CCNCc1ccc(Sc2ccccc2)cc1Cl. The third-order valence-corrected chi connectivity index (χ3v) is 3.92. The smallest absolute Gasteiger partial charge is 0.0462 e. The highest BCUT2D eigenvalue weighted by Crippen LogP contribution is 2.30. The van der Waals surface area contributed by atoms with Crippen molar-refractivity contribution in [1.82, 2.24) is 5.32 Å². The number of rotatable bonds is 5. The Kier molecular flexibility index (Phi) is 5.12. The van der Waals surface area contributed by atoms with Gasteiger partial charge >= 0.3 is 0 Å². The maximum atomic E-state index is 6.28. The minimum atomic E-state index is 0.825. The third kappa shape index (κ3) is 3.77. The van der Waals surface area contributed by atoms with E-state index in [9.17, 15) is 0 Å². The number of hydrogen-bond acceptors (Lipinski definition) is 2. The molecule has 1 N–H and O–H groups in total. The lowest BCUT2D eigenvalue weighted by molar-refractivity contribution is 0.726. The van der Waals surface area contributed by atoms with Crippen LogP contribution in [0.5, 0.6) is 0 Å². The van der Waals surface area contributed by atoms with Crippen LogP contribution >= 0.6 is 23.4 Å². The molecule has 0 bridgehead atoms. The predicted molar refractivity (Wildman–Crippen MR) is 79.4 cm³/mol. The topological polar surface area (TPSA) is 12.0 Å². The Morgan fingerprint density at radius 3 is 2.50 bits per heavy atom. The van der Waals surface area contributed by atoms with E-state index in [1.807, 2.05) is 24.3 Å². The number of benzene rings is 2. The van der Waals surface area contributed by atoms with E-state index in [0.717, 1.165) is 23.7 Å². The summed E-state index contributed by atoms with van der Waals surface area (Å²) in [6.07, 6.45) is 0. The summed E-state index contributed by atoms with van der Waals surface area (Å²) < 4.78 is 0. The van der Waals surface area contributed by atoms with Crippen molar-refractivity contribution in [1.29, 1.82) is 0 Å². The molecule has 18 heavy (non-hydrogen) atoms. The van der Waals surface area contributed by atoms with E-state index < -0.39 is 0 Å². The van der Waals surface area contributed by atoms with Crippen LogP contribution in [0.2, 0.25) is 5.02 Å². The molecule has 0 amide bonds. The molecule has 0 aliphatic carbocycles. The van der Waals surface area contributed by atoms with Gasteiger partial charge in [0.05, 0.1) is 0 Å². The molecule has 0 fully saturated rings. The Morgan fingerprint density at radius 2 is 1.83 bits per heavy atom. The quantitative estimate of drug-likeness (QED) is 0.857. The van der Waals surface area contributed by atoms with Crippen LogP contribution in [0.4, 0.5) is 0 Å². The van der Waals surface area contributed by atoms with Crippen molar-refractivity contribution < 1.29 is 0 Å². The van der Waals surface area contributed by atoms with Crippen LogP contribution in [0.25, 0.3) is 0 Å². The molecule has 1 nitrogen and oxygen atoms in total. The van der Waals surface area contributed by atoms with Gasteiger partial charge in [-0.1, -0.05) is 54.6 Å². The van der Waals surface area contributed by atoms with Gasteiger partial charge < -0.3 is 5.32 Å². The van der Waals surface area contributed by atoms with Gasteiger partial charge in [0.2, 0.25) is 0 Å². The van der Waals surface area contributed by atoms with Gasteiger partial charge in [-0.25, -0.2) is 0 Å². The highest BCUT2D eigenvalue weighted by Gasteiger charge is 2.03. The molecule has 0 spiro atoms. The van der Waals surface area contributed by atoms with Crippen molar-refractivity contribution in [2.75, 3.05) is 6.54 Å². The van der Waals surface area contributed by atoms with Gasteiger partial charge in [-0.3, -0.25) is 0 Å². The highest BCUT2D eigenvalue weighted by atomic mass is 35.5. The van der Waals surface area contributed by atoms with Crippen molar-refractivity contribution in [2.45, 2.75) is 23.3 Å². The minimum absolute atomic E-state index is 0.825. The first-order valence-electron chi connectivity index (χ1n) is 6.01. The largest absolute Gasteiger partial charge is 0.313 e. The molecule has 2 rings (SSSR count). The van der Waals surface area contributed by atoms with Gasteiger partial charge in [0.1, 0.15) is 0 Å². The summed E-state index contributed by atoms with van der Waals surface area (Å²) in [6, 6.07) is 16.6. The average Bonchev–Trinajstić information content (AvgIpc) is 2.39. The lowest BCUT2D eigenvalue weighted by Crippen LogP contribution is -2.11. The summed E-state index contributed by atoms with van der Waals surface area (Å²) in [4.78, 5) is 2.40. The molecule has 0 atom stereocenters. The van der Waals surface area contributed by atoms with E-state index in [0.29, 0.717) is 0 Å². The molecule has 2 aromatic rings. The van der Waals surface area contributed by atoms with E-state index in [1.54, 1.807) is 11.8 Å². The Morgan fingerprint density at radius 1 is 1.06 bits per heavy atom. The van der Waals surface area contributed by atoms with Crippen molar-refractivity contribution in [3.8, 4) is 0 Å². The van der Waals surface area contributed by atoms with E-state index in [2.05, 4.69) is 36.5 Å². The lowest BCUT2D eigenvalue weighted by atomic mass is 10.2. The number of halogens is 1. The van der Waals surface area contributed by atoms with Gasteiger partial charge in [0.15, 0.2) is 0 Å². The first-order chi connectivity index (χ1) is 8.79. The fourth-order valence-corrected chi connectivity index (χ4v) is 2.81. The Balaban J connectivity index is 2.09. The normalized spacial score (nSPS) is 10.6. The summed E-state index contributed by atoms with van der Waals surface area (Å²) in [7, 11) is 0. The predicted octanol–water partition coefficient (Wildman–Crippen LogP) is 4.60. The van der Waals surface area contributed by atoms with Crippen molar-refractivity contribution >= 4 is 23.4 Å². The summed E-state index contributed by atoms with van der Waals surface area (Å²) in [5.74, 6) is 0. The molecule has 0 unspecified atom stereocenters. The monoisotopic (exact) mass is 277 g/mol. The van der Waals surface area contributed by atoms with Gasteiger partial charge in [-0.2, -0.15) is 0 Å². The average molecular weight is 278 g/mol. The molecule has 0 saturated heterocycles. The van der Waals surface area contributed by atoms with Crippen molar-refractivity contribution in [3.63, 3.8) is 0 Å².